The highest BCUT2D eigenvalue weighted by Crippen LogP contribution is 1.88. The molecule has 0 fully saturated rings. The summed E-state index contributed by atoms with van der Waals surface area (Å²) in [6.45, 7) is 6.81. The van der Waals surface area contributed by atoms with Gasteiger partial charge in [-0.05, 0) is 25.9 Å². The van der Waals surface area contributed by atoms with Crippen molar-refractivity contribution in [3.8, 4) is 0 Å². The van der Waals surface area contributed by atoms with Gasteiger partial charge in [-0.25, -0.2) is 4.98 Å². The van der Waals surface area contributed by atoms with Crippen LogP contribution < -0.4 is 5.32 Å². The molecule has 0 unspecified atom stereocenters. The van der Waals surface area contributed by atoms with Gasteiger partial charge in [-0.3, -0.25) is 0 Å². The zero-order chi connectivity index (χ0) is 9.36. The first-order valence-corrected chi connectivity index (χ1v) is 4.71. The molecule has 72 valence electrons. The standard InChI is InChI=1S/C10H17N3/c1-2-3-5-11-6-4-8-13-9-7-12-10-13/h2,7,9-11H,1,3-6,8H2. The van der Waals surface area contributed by atoms with Gasteiger partial charge in [0.15, 0.2) is 0 Å². The molecule has 0 amide bonds. The van der Waals surface area contributed by atoms with E-state index in [0.29, 0.717) is 0 Å². The molecule has 3 heteroatoms. The molecule has 0 bridgehead atoms. The summed E-state index contributed by atoms with van der Waals surface area (Å²) in [7, 11) is 0. The van der Waals surface area contributed by atoms with Crippen molar-refractivity contribution in [2.24, 2.45) is 0 Å². The maximum absolute atomic E-state index is 3.98. The van der Waals surface area contributed by atoms with Gasteiger partial charge in [0, 0.05) is 18.9 Å². The van der Waals surface area contributed by atoms with E-state index in [1.807, 2.05) is 24.8 Å². The summed E-state index contributed by atoms with van der Waals surface area (Å²) in [5.41, 5.74) is 0. The topological polar surface area (TPSA) is 29.9 Å². The van der Waals surface area contributed by atoms with E-state index >= 15 is 0 Å². The Balaban J connectivity index is 1.93. The molecule has 0 aliphatic rings. The van der Waals surface area contributed by atoms with Gasteiger partial charge in [-0.15, -0.1) is 6.58 Å². The highest BCUT2D eigenvalue weighted by molar-refractivity contribution is 4.74. The highest BCUT2D eigenvalue weighted by atomic mass is 15.0. The van der Waals surface area contributed by atoms with Crippen LogP contribution in [0.5, 0.6) is 0 Å². The van der Waals surface area contributed by atoms with E-state index in [2.05, 4.69) is 21.4 Å². The first-order valence-electron chi connectivity index (χ1n) is 4.71. The van der Waals surface area contributed by atoms with Gasteiger partial charge in [0.25, 0.3) is 0 Å². The Bertz CT molecular complexity index is 216. The molecule has 1 N–H and O–H groups in total. The van der Waals surface area contributed by atoms with Crippen molar-refractivity contribution in [3.63, 3.8) is 0 Å². The molecular formula is C10H17N3. The molecule has 3 nitrogen and oxygen atoms in total. The van der Waals surface area contributed by atoms with Gasteiger partial charge in [-0.1, -0.05) is 6.08 Å². The SMILES string of the molecule is C=CCCNCCCn1ccnc1. The number of imidazole rings is 1. The van der Waals surface area contributed by atoms with Gasteiger partial charge in [0.1, 0.15) is 0 Å². The Morgan fingerprint density at radius 2 is 2.38 bits per heavy atom. The van der Waals surface area contributed by atoms with Crippen molar-refractivity contribution in [1.29, 1.82) is 0 Å². The van der Waals surface area contributed by atoms with Crippen molar-refractivity contribution in [1.82, 2.24) is 14.9 Å². The third kappa shape index (κ3) is 4.48. The molecule has 0 aliphatic heterocycles. The van der Waals surface area contributed by atoms with E-state index < -0.39 is 0 Å². The summed E-state index contributed by atoms with van der Waals surface area (Å²) in [5.74, 6) is 0. The van der Waals surface area contributed by atoms with Crippen LogP contribution in [0.25, 0.3) is 0 Å². The highest BCUT2D eigenvalue weighted by Gasteiger charge is 1.89. The summed E-state index contributed by atoms with van der Waals surface area (Å²) < 4.78 is 2.09. The molecular weight excluding hydrogens is 162 g/mol. The third-order valence-corrected chi connectivity index (χ3v) is 1.85. The number of rotatable bonds is 7. The second-order valence-electron chi connectivity index (χ2n) is 2.98. The third-order valence-electron chi connectivity index (χ3n) is 1.85. The molecule has 1 aromatic rings. The maximum Gasteiger partial charge on any atom is 0.0945 e. The fourth-order valence-corrected chi connectivity index (χ4v) is 1.13. The van der Waals surface area contributed by atoms with E-state index in [-0.39, 0.29) is 0 Å². The Morgan fingerprint density at radius 3 is 3.08 bits per heavy atom. The number of nitrogens with zero attached hydrogens (tertiary/aromatic N) is 2. The van der Waals surface area contributed by atoms with Crippen molar-refractivity contribution >= 4 is 0 Å². The lowest BCUT2D eigenvalue weighted by atomic mass is 10.4. The summed E-state index contributed by atoms with van der Waals surface area (Å²) in [6.07, 6.45) is 9.78. The molecule has 13 heavy (non-hydrogen) atoms. The summed E-state index contributed by atoms with van der Waals surface area (Å²) in [6, 6.07) is 0. The lowest BCUT2D eigenvalue weighted by Crippen LogP contribution is -2.17. The maximum atomic E-state index is 3.98. The van der Waals surface area contributed by atoms with E-state index in [1.165, 1.54) is 0 Å². The first-order chi connectivity index (χ1) is 6.43. The molecule has 1 aromatic heterocycles. The summed E-state index contributed by atoms with van der Waals surface area (Å²) in [5, 5.41) is 3.34. The van der Waals surface area contributed by atoms with Crippen molar-refractivity contribution < 1.29 is 0 Å². The van der Waals surface area contributed by atoms with Crippen molar-refractivity contribution in [3.05, 3.63) is 31.4 Å². The van der Waals surface area contributed by atoms with Crippen molar-refractivity contribution in [2.75, 3.05) is 13.1 Å². The van der Waals surface area contributed by atoms with E-state index in [9.17, 15) is 0 Å². The van der Waals surface area contributed by atoms with Gasteiger partial charge in [0.05, 0.1) is 6.33 Å². The van der Waals surface area contributed by atoms with Crippen LogP contribution in [-0.4, -0.2) is 22.6 Å². The number of nitrogens with one attached hydrogen (secondary N) is 1. The van der Waals surface area contributed by atoms with Crippen LogP contribution in [0.3, 0.4) is 0 Å². The van der Waals surface area contributed by atoms with Gasteiger partial charge in [0.2, 0.25) is 0 Å². The minimum absolute atomic E-state index is 1.04. The summed E-state index contributed by atoms with van der Waals surface area (Å²) in [4.78, 5) is 3.98. The second-order valence-corrected chi connectivity index (χ2v) is 2.98. The van der Waals surface area contributed by atoms with Gasteiger partial charge in [-0.2, -0.15) is 0 Å². The Labute approximate surface area is 79.5 Å². The van der Waals surface area contributed by atoms with E-state index in [0.717, 1.165) is 32.5 Å². The van der Waals surface area contributed by atoms with Crippen LogP contribution in [-0.2, 0) is 6.54 Å². The van der Waals surface area contributed by atoms with E-state index in [4.69, 9.17) is 0 Å². The lowest BCUT2D eigenvalue weighted by molar-refractivity contribution is 0.584. The molecule has 1 heterocycles. The zero-order valence-corrected chi connectivity index (χ0v) is 7.95. The van der Waals surface area contributed by atoms with Crippen LogP contribution in [0.1, 0.15) is 12.8 Å². The predicted octanol–water partition coefficient (Wildman–Crippen LogP) is 1.44. The number of hydrogen-bond donors (Lipinski definition) is 1. The molecule has 0 spiro atoms. The van der Waals surface area contributed by atoms with Crippen LogP contribution in [0, 0.1) is 0 Å². The van der Waals surface area contributed by atoms with Crippen LogP contribution >= 0.6 is 0 Å². The molecule has 0 aromatic carbocycles. The molecule has 0 aliphatic carbocycles. The smallest absolute Gasteiger partial charge is 0.0945 e. The number of aromatic nitrogens is 2. The predicted molar refractivity (Wildman–Crippen MR) is 54.5 cm³/mol. The largest absolute Gasteiger partial charge is 0.337 e. The molecule has 0 saturated carbocycles. The Morgan fingerprint density at radius 1 is 1.46 bits per heavy atom. The normalized spacial score (nSPS) is 10.2. The number of hydrogen-bond acceptors (Lipinski definition) is 2. The fourth-order valence-electron chi connectivity index (χ4n) is 1.13. The van der Waals surface area contributed by atoms with Gasteiger partial charge < -0.3 is 9.88 Å². The van der Waals surface area contributed by atoms with Crippen LogP contribution in [0.4, 0.5) is 0 Å². The van der Waals surface area contributed by atoms with Crippen LogP contribution in [0.15, 0.2) is 31.4 Å². The summed E-state index contributed by atoms with van der Waals surface area (Å²) >= 11 is 0. The van der Waals surface area contributed by atoms with Crippen LogP contribution in [0.2, 0.25) is 0 Å². The Kier molecular flexibility index (Phi) is 4.94. The van der Waals surface area contributed by atoms with E-state index in [1.54, 1.807) is 0 Å². The second kappa shape index (κ2) is 6.43. The molecule has 1 rings (SSSR count). The minimum Gasteiger partial charge on any atom is -0.337 e. The Hall–Kier alpha value is -1.09. The zero-order valence-electron chi connectivity index (χ0n) is 7.95. The molecule has 0 atom stereocenters. The number of aryl methyl sites for hydroxylation is 1. The first kappa shape index (κ1) is 9.99. The quantitative estimate of drug-likeness (QED) is 0.507. The molecule has 0 saturated heterocycles. The average molecular weight is 179 g/mol. The minimum atomic E-state index is 1.04. The van der Waals surface area contributed by atoms with Crippen molar-refractivity contribution in [2.45, 2.75) is 19.4 Å². The fraction of sp³-hybridized carbons (Fsp3) is 0.500. The molecule has 0 radical (unpaired) electrons. The average Bonchev–Trinajstić information content (AvgIpc) is 2.63. The lowest BCUT2D eigenvalue weighted by Gasteiger charge is -2.03. The monoisotopic (exact) mass is 179 g/mol. The van der Waals surface area contributed by atoms with Gasteiger partial charge >= 0.3 is 0 Å².